The maximum atomic E-state index is 6.34. The van der Waals surface area contributed by atoms with Crippen LogP contribution >= 0.6 is 23.8 Å². The highest BCUT2D eigenvalue weighted by Crippen LogP contribution is 2.55. The topological polar surface area (TPSA) is 39.7 Å². The summed E-state index contributed by atoms with van der Waals surface area (Å²) in [5, 5.41) is 9.23. The molecule has 4 aliphatic rings. The van der Waals surface area contributed by atoms with Gasteiger partial charge in [-0.2, -0.15) is 5.10 Å². The van der Waals surface area contributed by atoms with Gasteiger partial charge in [0.05, 0.1) is 11.2 Å². The van der Waals surface area contributed by atoms with Gasteiger partial charge in [0, 0.05) is 30.9 Å². The number of thiocarbonyl (C=S) groups is 1. The van der Waals surface area contributed by atoms with Gasteiger partial charge in [-0.05, 0) is 86.7 Å². The van der Waals surface area contributed by atoms with Gasteiger partial charge in [0.25, 0.3) is 0 Å². The maximum Gasteiger partial charge on any atom is 0.187 e. The molecule has 0 saturated heterocycles. The molecule has 0 aromatic heterocycles. The number of hydrogen-bond donors (Lipinski definition) is 2. The fraction of sp³-hybridized carbons (Fsp3) is 0.600. The summed E-state index contributed by atoms with van der Waals surface area (Å²) in [6.07, 6.45) is 9.82. The van der Waals surface area contributed by atoms with E-state index in [-0.39, 0.29) is 5.54 Å². The van der Waals surface area contributed by atoms with Crippen LogP contribution in [0.1, 0.15) is 44.1 Å². The minimum atomic E-state index is 0.208. The average molecular weight is 391 g/mol. The number of hydrogen-bond acceptors (Lipinski definition) is 3. The molecule has 0 atom stereocenters. The van der Waals surface area contributed by atoms with Crippen LogP contribution in [0.4, 0.5) is 5.69 Å². The second-order valence-corrected chi connectivity index (χ2v) is 9.44. The molecule has 0 aliphatic heterocycles. The van der Waals surface area contributed by atoms with Crippen molar-refractivity contribution in [3.8, 4) is 0 Å². The Morgan fingerprint density at radius 3 is 2.35 bits per heavy atom. The number of anilines is 1. The van der Waals surface area contributed by atoms with E-state index in [4.69, 9.17) is 23.8 Å². The third-order valence-corrected chi connectivity index (χ3v) is 6.81. The van der Waals surface area contributed by atoms with Crippen LogP contribution in [0.3, 0.4) is 0 Å². The van der Waals surface area contributed by atoms with Gasteiger partial charge in [0.1, 0.15) is 0 Å². The van der Waals surface area contributed by atoms with Gasteiger partial charge in [0.15, 0.2) is 5.11 Å². The molecule has 0 spiro atoms. The molecular weight excluding hydrogens is 364 g/mol. The number of rotatable bonds is 4. The van der Waals surface area contributed by atoms with Crippen LogP contribution < -0.4 is 15.6 Å². The predicted octanol–water partition coefficient (Wildman–Crippen LogP) is 4.17. The highest BCUT2D eigenvalue weighted by Gasteiger charge is 2.51. The maximum absolute atomic E-state index is 6.34. The lowest BCUT2D eigenvalue weighted by molar-refractivity contribution is -0.0101. The molecule has 0 radical (unpaired) electrons. The van der Waals surface area contributed by atoms with Crippen molar-refractivity contribution >= 4 is 40.8 Å². The molecule has 6 heteroatoms. The molecule has 4 saturated carbocycles. The molecule has 4 aliphatic carbocycles. The lowest BCUT2D eigenvalue weighted by Crippen LogP contribution is -2.61. The van der Waals surface area contributed by atoms with E-state index in [0.29, 0.717) is 10.1 Å². The molecule has 0 heterocycles. The van der Waals surface area contributed by atoms with Gasteiger partial charge < -0.3 is 10.2 Å². The van der Waals surface area contributed by atoms with Crippen molar-refractivity contribution in [3.05, 3.63) is 28.8 Å². The Morgan fingerprint density at radius 1 is 1.19 bits per heavy atom. The van der Waals surface area contributed by atoms with E-state index in [1.807, 2.05) is 37.2 Å². The Balaban J connectivity index is 1.35. The normalized spacial score (nSPS) is 32.0. The summed E-state index contributed by atoms with van der Waals surface area (Å²) in [4.78, 5) is 2.02. The molecule has 4 bridgehead atoms. The average Bonchev–Trinajstić information content (AvgIpc) is 2.54. The van der Waals surface area contributed by atoms with E-state index < -0.39 is 0 Å². The van der Waals surface area contributed by atoms with Gasteiger partial charge in [0.2, 0.25) is 0 Å². The molecule has 5 rings (SSSR count). The predicted molar refractivity (Wildman–Crippen MR) is 113 cm³/mol. The summed E-state index contributed by atoms with van der Waals surface area (Å²) in [5.74, 6) is 2.69. The largest absolute Gasteiger partial charge is 0.378 e. The first kappa shape index (κ1) is 18.1. The van der Waals surface area contributed by atoms with E-state index in [1.54, 1.807) is 6.21 Å². The molecule has 4 nitrogen and oxygen atoms in total. The zero-order valence-corrected chi connectivity index (χ0v) is 17.0. The van der Waals surface area contributed by atoms with Crippen LogP contribution in [0.2, 0.25) is 5.02 Å². The Morgan fingerprint density at radius 2 is 1.81 bits per heavy atom. The first-order valence-electron chi connectivity index (χ1n) is 9.50. The van der Waals surface area contributed by atoms with Gasteiger partial charge >= 0.3 is 0 Å². The van der Waals surface area contributed by atoms with Crippen molar-refractivity contribution in [3.63, 3.8) is 0 Å². The van der Waals surface area contributed by atoms with Crippen LogP contribution in [-0.4, -0.2) is 31.0 Å². The standard InChI is InChI=1S/C20H27ClN4S/c1-25(2)17-4-3-16(18(21)8-17)12-22-24-19(26)23-20-9-13-5-14(10-20)7-15(6-13)11-20/h3-4,8,12-15H,5-7,9-11H2,1-2H3,(H2,23,24,26)/b22-12-. The van der Waals surface area contributed by atoms with Crippen molar-refractivity contribution in [2.45, 2.75) is 44.1 Å². The molecule has 2 N–H and O–H groups in total. The first-order valence-corrected chi connectivity index (χ1v) is 10.3. The smallest absolute Gasteiger partial charge is 0.187 e. The summed E-state index contributed by atoms with van der Waals surface area (Å²) in [6.45, 7) is 0. The number of nitrogens with one attached hydrogen (secondary N) is 2. The summed E-state index contributed by atoms with van der Waals surface area (Å²) in [5.41, 5.74) is 5.14. The highest BCUT2D eigenvalue weighted by atomic mass is 35.5. The Hall–Kier alpha value is -1.33. The van der Waals surface area contributed by atoms with Crippen LogP contribution in [-0.2, 0) is 0 Å². The Labute approximate surface area is 166 Å². The van der Waals surface area contributed by atoms with Crippen LogP contribution in [0.15, 0.2) is 23.3 Å². The summed E-state index contributed by atoms with van der Waals surface area (Å²) in [7, 11) is 3.99. The van der Waals surface area contributed by atoms with Gasteiger partial charge in [-0.1, -0.05) is 11.6 Å². The molecule has 0 amide bonds. The number of hydrazone groups is 1. The van der Waals surface area contributed by atoms with Crippen molar-refractivity contribution in [2.24, 2.45) is 22.9 Å². The number of halogens is 1. The number of nitrogens with zero attached hydrogens (tertiary/aromatic N) is 2. The zero-order chi connectivity index (χ0) is 18.3. The van der Waals surface area contributed by atoms with Crippen molar-refractivity contribution in [2.75, 3.05) is 19.0 Å². The van der Waals surface area contributed by atoms with Gasteiger partial charge in [-0.3, -0.25) is 5.43 Å². The molecule has 1 aromatic carbocycles. The van der Waals surface area contributed by atoms with E-state index in [0.717, 1.165) is 29.0 Å². The molecular formula is C20H27ClN4S. The Kier molecular flexibility index (Phi) is 4.86. The van der Waals surface area contributed by atoms with Gasteiger partial charge in [-0.25, -0.2) is 0 Å². The minimum absolute atomic E-state index is 0.208. The van der Waals surface area contributed by atoms with Gasteiger partial charge in [-0.15, -0.1) is 0 Å². The Bertz CT molecular complexity index is 695. The van der Waals surface area contributed by atoms with Crippen molar-refractivity contribution < 1.29 is 0 Å². The molecule has 4 fully saturated rings. The second kappa shape index (κ2) is 7.01. The molecule has 1 aromatic rings. The van der Waals surface area contributed by atoms with Crippen LogP contribution in [0, 0.1) is 17.8 Å². The highest BCUT2D eigenvalue weighted by molar-refractivity contribution is 7.80. The van der Waals surface area contributed by atoms with Crippen LogP contribution in [0.5, 0.6) is 0 Å². The van der Waals surface area contributed by atoms with Crippen LogP contribution in [0.25, 0.3) is 0 Å². The van der Waals surface area contributed by atoms with Crippen molar-refractivity contribution in [1.82, 2.24) is 10.7 Å². The fourth-order valence-electron chi connectivity index (χ4n) is 5.59. The summed E-state index contributed by atoms with van der Waals surface area (Å²) < 4.78 is 0. The van der Waals surface area contributed by atoms with E-state index in [2.05, 4.69) is 15.8 Å². The molecule has 26 heavy (non-hydrogen) atoms. The molecule has 0 unspecified atom stereocenters. The third-order valence-electron chi connectivity index (χ3n) is 6.29. The van der Waals surface area contributed by atoms with Crippen molar-refractivity contribution in [1.29, 1.82) is 0 Å². The lowest BCUT2D eigenvalue weighted by atomic mass is 9.53. The monoisotopic (exact) mass is 390 g/mol. The fourth-order valence-corrected chi connectivity index (χ4v) is 6.08. The third kappa shape index (κ3) is 3.70. The summed E-state index contributed by atoms with van der Waals surface area (Å²) >= 11 is 11.9. The second-order valence-electron chi connectivity index (χ2n) is 8.62. The summed E-state index contributed by atoms with van der Waals surface area (Å²) in [6, 6.07) is 5.94. The zero-order valence-electron chi connectivity index (χ0n) is 15.5. The number of benzene rings is 1. The van der Waals surface area contributed by atoms with E-state index >= 15 is 0 Å². The SMILES string of the molecule is CN(C)c1ccc(/C=N\NC(=S)NC23CC4CC(CC(C4)C2)C3)c(Cl)c1. The first-order chi connectivity index (χ1) is 12.4. The van der Waals surface area contributed by atoms with E-state index in [1.165, 1.54) is 38.5 Å². The minimum Gasteiger partial charge on any atom is -0.378 e. The lowest BCUT2D eigenvalue weighted by Gasteiger charge is -2.57. The van der Waals surface area contributed by atoms with E-state index in [9.17, 15) is 0 Å². The molecule has 140 valence electrons. The quantitative estimate of drug-likeness (QED) is 0.459.